The minimum absolute atomic E-state index is 0.0159. The van der Waals surface area contributed by atoms with Crippen LogP contribution in [0.1, 0.15) is 147 Å². The van der Waals surface area contributed by atoms with Crippen LogP contribution in [-0.4, -0.2) is 66.3 Å². The Balaban J connectivity index is 5.52. The number of aliphatic hydroxyl groups excluding tert-OH is 1. The van der Waals surface area contributed by atoms with Crippen LogP contribution in [0.5, 0.6) is 0 Å². The number of hydrogen-bond acceptors (Lipinski definition) is 6. The van der Waals surface area contributed by atoms with Gasteiger partial charge in [0.2, 0.25) is 5.91 Å². The van der Waals surface area contributed by atoms with Crippen molar-refractivity contribution in [2.45, 2.75) is 158 Å². The van der Waals surface area contributed by atoms with Crippen molar-refractivity contribution in [1.82, 2.24) is 10.2 Å². The first-order valence-electron chi connectivity index (χ1n) is 17.3. The van der Waals surface area contributed by atoms with E-state index < -0.39 is 19.5 Å². The van der Waals surface area contributed by atoms with Crippen molar-refractivity contribution in [3.63, 3.8) is 0 Å². The molecule has 268 valence electrons. The molecule has 0 heterocycles. The van der Waals surface area contributed by atoms with Gasteiger partial charge in [-0.05, 0) is 94.0 Å². The summed E-state index contributed by atoms with van der Waals surface area (Å²) in [4.78, 5) is 25.3. The fourth-order valence-electron chi connectivity index (χ4n) is 7.11. The van der Waals surface area contributed by atoms with E-state index in [0.29, 0.717) is 19.4 Å². The zero-order chi connectivity index (χ0) is 35.2. The maximum atomic E-state index is 13.2. The third-order valence-electron chi connectivity index (χ3n) is 8.73. The number of aliphatic hydroxyl groups is 1. The molecular weight excluding hydrogens is 587 g/mol. The molecule has 3 atom stereocenters. The third kappa shape index (κ3) is 21.0. The topological polar surface area (TPSA) is 108 Å². The van der Waals surface area contributed by atoms with E-state index in [1.165, 1.54) is 12.8 Å². The summed E-state index contributed by atoms with van der Waals surface area (Å²) in [6, 6.07) is 0. The van der Waals surface area contributed by atoms with Gasteiger partial charge in [0.15, 0.2) is 0 Å². The van der Waals surface area contributed by atoms with Gasteiger partial charge in [-0.15, -0.1) is 0 Å². The van der Waals surface area contributed by atoms with Gasteiger partial charge in [-0.3, -0.25) is 13.8 Å². The summed E-state index contributed by atoms with van der Waals surface area (Å²) in [7, 11) is -0.720. The first-order valence-corrected chi connectivity index (χ1v) is 18.8. The molecule has 0 saturated heterocycles. The maximum Gasteiger partial charge on any atom is 0.472 e. The van der Waals surface area contributed by atoms with Gasteiger partial charge in [0, 0.05) is 13.0 Å². The van der Waals surface area contributed by atoms with E-state index in [-0.39, 0.29) is 40.8 Å². The lowest BCUT2D eigenvalue weighted by atomic mass is 9.71. The minimum atomic E-state index is -4.39. The van der Waals surface area contributed by atoms with Crippen LogP contribution in [0.2, 0.25) is 0 Å². The number of phosphoric ester groups is 1. The van der Waals surface area contributed by atoms with E-state index in [4.69, 9.17) is 9.05 Å². The maximum absolute atomic E-state index is 13.2. The Labute approximate surface area is 278 Å². The highest BCUT2D eigenvalue weighted by atomic mass is 31.2. The Morgan fingerprint density at radius 3 is 1.82 bits per heavy atom. The van der Waals surface area contributed by atoms with Crippen molar-refractivity contribution >= 4 is 13.7 Å². The van der Waals surface area contributed by atoms with Crippen molar-refractivity contribution in [3.8, 4) is 0 Å². The predicted molar refractivity (Wildman–Crippen MR) is 189 cm³/mol. The number of nitrogens with one attached hydrogen (secondary N) is 1. The molecule has 0 aliphatic heterocycles. The molecule has 0 spiro atoms. The fourth-order valence-corrected chi connectivity index (χ4v) is 7.92. The second-order valence-corrected chi connectivity index (χ2v) is 18.6. The van der Waals surface area contributed by atoms with Gasteiger partial charge in [-0.1, -0.05) is 94.2 Å². The molecule has 0 aromatic heterocycles. The molecule has 0 aliphatic carbocycles. The Morgan fingerprint density at radius 1 is 0.844 bits per heavy atom. The summed E-state index contributed by atoms with van der Waals surface area (Å²) < 4.78 is 23.0. The number of rotatable bonds is 25. The second kappa shape index (κ2) is 19.3. The van der Waals surface area contributed by atoms with E-state index in [2.05, 4.69) is 74.6 Å². The molecule has 0 bridgehead atoms. The van der Waals surface area contributed by atoms with E-state index in [9.17, 15) is 19.4 Å². The summed E-state index contributed by atoms with van der Waals surface area (Å²) in [5, 5.41) is 14.2. The average molecular weight is 661 g/mol. The summed E-state index contributed by atoms with van der Waals surface area (Å²) in [6.07, 6.45) is 13.0. The van der Waals surface area contributed by atoms with Crippen LogP contribution >= 0.6 is 7.82 Å². The molecule has 0 aliphatic rings. The molecular formula is C36H73N2O6P. The van der Waals surface area contributed by atoms with Gasteiger partial charge in [0.05, 0.1) is 24.9 Å². The van der Waals surface area contributed by atoms with Gasteiger partial charge < -0.3 is 20.2 Å². The van der Waals surface area contributed by atoms with Crippen LogP contribution in [0.15, 0.2) is 12.2 Å². The van der Waals surface area contributed by atoms with E-state index in [0.717, 1.165) is 44.9 Å². The first kappa shape index (κ1) is 44.2. The lowest BCUT2D eigenvalue weighted by Crippen LogP contribution is -2.56. The number of likely N-dealkylation sites (N-methyl/N-ethyl adjacent to an activating group) is 1. The van der Waals surface area contributed by atoms with Gasteiger partial charge >= 0.3 is 7.82 Å². The molecule has 3 N–H and O–H groups in total. The quantitative estimate of drug-likeness (QED) is 0.0663. The molecule has 0 aromatic carbocycles. The Bertz CT molecular complexity index is 931. The zero-order valence-corrected chi connectivity index (χ0v) is 32.4. The monoisotopic (exact) mass is 661 g/mol. The molecule has 2 unspecified atom stereocenters. The predicted octanol–water partition coefficient (Wildman–Crippen LogP) is 8.91. The van der Waals surface area contributed by atoms with Gasteiger partial charge in [0.25, 0.3) is 0 Å². The Hall–Kier alpha value is -0.760. The number of hydrogen-bond donors (Lipinski definition) is 3. The summed E-state index contributed by atoms with van der Waals surface area (Å²) in [5.74, 6) is -0.224. The molecule has 0 radical (unpaired) electrons. The van der Waals surface area contributed by atoms with E-state index >= 15 is 0 Å². The molecule has 0 rings (SSSR count). The van der Waals surface area contributed by atoms with Crippen LogP contribution < -0.4 is 5.32 Å². The van der Waals surface area contributed by atoms with Crippen LogP contribution in [0.25, 0.3) is 0 Å². The van der Waals surface area contributed by atoms with Gasteiger partial charge in [-0.2, -0.15) is 0 Å². The Morgan fingerprint density at radius 2 is 1.33 bits per heavy atom. The number of carbonyl (C=O) groups is 1. The summed E-state index contributed by atoms with van der Waals surface area (Å²) in [5.41, 5.74) is -0.563. The molecule has 0 saturated carbocycles. The van der Waals surface area contributed by atoms with Crippen molar-refractivity contribution in [2.75, 3.05) is 33.9 Å². The molecule has 8 nitrogen and oxygen atoms in total. The summed E-state index contributed by atoms with van der Waals surface area (Å²) >= 11 is 0. The van der Waals surface area contributed by atoms with Crippen molar-refractivity contribution in [2.24, 2.45) is 21.7 Å². The van der Waals surface area contributed by atoms with Crippen LogP contribution in [0, 0.1) is 21.7 Å². The zero-order valence-electron chi connectivity index (χ0n) is 31.6. The second-order valence-electron chi connectivity index (χ2n) is 17.1. The van der Waals surface area contributed by atoms with Gasteiger partial charge in [0.1, 0.15) is 0 Å². The highest BCUT2D eigenvalue weighted by Crippen LogP contribution is 2.44. The average Bonchev–Trinajstić information content (AvgIpc) is 2.83. The molecule has 0 fully saturated rings. The number of amides is 1. The summed E-state index contributed by atoms with van der Waals surface area (Å²) in [6.45, 7) is 24.5. The third-order valence-corrected chi connectivity index (χ3v) is 9.69. The van der Waals surface area contributed by atoms with Crippen LogP contribution in [0.3, 0.4) is 0 Å². The van der Waals surface area contributed by atoms with Crippen LogP contribution in [-0.2, 0) is 18.4 Å². The Kier molecular flexibility index (Phi) is 19.0. The van der Waals surface area contributed by atoms with Crippen molar-refractivity contribution in [3.05, 3.63) is 12.2 Å². The largest absolute Gasteiger partial charge is 0.472 e. The number of phosphoric acid groups is 1. The standard InChI is InChI=1S/C36H73N2O6P/c1-14-21-32(3,4)27-34(7,8)23-17-16-19-30(39)36(11,29-44-45(41,42)43-26-25-38(12)13)37-31(40)20-18-24-35(9,10)28-33(5,6)22-15-2/h16,19,30,39H,14-15,17-18,20-29H2,1-13H3,(H,37,40)(H,41,42)/b19-16+/t30?,36-/m1/s1. The lowest BCUT2D eigenvalue weighted by molar-refractivity contribution is -0.125. The molecule has 1 amide bonds. The van der Waals surface area contributed by atoms with Crippen LogP contribution in [0.4, 0.5) is 0 Å². The number of allylic oxidation sites excluding steroid dienone is 1. The lowest BCUT2D eigenvalue weighted by Gasteiger charge is -2.36. The molecule has 0 aromatic rings. The normalized spacial score (nSPS) is 17.0. The number of nitrogens with zero attached hydrogens (tertiary/aromatic N) is 1. The number of carbonyl (C=O) groups excluding carboxylic acids is 1. The smallest absolute Gasteiger partial charge is 0.387 e. The fraction of sp³-hybridized carbons (Fsp3) is 0.917. The highest BCUT2D eigenvalue weighted by molar-refractivity contribution is 7.47. The molecule has 45 heavy (non-hydrogen) atoms. The van der Waals surface area contributed by atoms with E-state index in [1.807, 2.05) is 25.1 Å². The van der Waals surface area contributed by atoms with E-state index in [1.54, 1.807) is 13.0 Å². The highest BCUT2D eigenvalue weighted by Gasteiger charge is 2.37. The van der Waals surface area contributed by atoms with Gasteiger partial charge in [-0.25, -0.2) is 4.57 Å². The SMILES string of the molecule is CCCC(C)(C)CC(C)(C)CC/C=C/C(O)[C@@](C)(COP(=O)(O)OCCN(C)C)NC(=O)CCCC(C)(C)CC(C)(C)CCC. The van der Waals surface area contributed by atoms with Crippen molar-refractivity contribution < 1.29 is 28.4 Å². The minimum Gasteiger partial charge on any atom is -0.387 e. The molecule has 9 heteroatoms. The van der Waals surface area contributed by atoms with Crippen molar-refractivity contribution in [1.29, 1.82) is 0 Å². The first-order chi connectivity index (χ1) is 20.4.